The number of carbonyl (C=O) groups is 1. The molecule has 0 aromatic rings. The molecule has 1 rings (SSSR count). The van der Waals surface area contributed by atoms with E-state index in [1.54, 1.807) is 0 Å². The van der Waals surface area contributed by atoms with Crippen LogP contribution in [0.15, 0.2) is 0 Å². The maximum Gasteiger partial charge on any atom is 0.323 e. The molecule has 1 N–H and O–H groups in total. The summed E-state index contributed by atoms with van der Waals surface area (Å²) in [5.41, 5.74) is -0.598. The molecule has 88 valence electrons. The number of carboxylic acids is 1. The quantitative estimate of drug-likeness (QED) is 0.710. The molecule has 3 nitrogen and oxygen atoms in total. The van der Waals surface area contributed by atoms with Gasteiger partial charge in [0.05, 0.1) is 0 Å². The van der Waals surface area contributed by atoms with E-state index in [1.807, 2.05) is 18.7 Å². The molecule has 1 saturated heterocycles. The van der Waals surface area contributed by atoms with E-state index >= 15 is 0 Å². The molecule has 1 unspecified atom stereocenters. The standard InChI is InChI=1S/C11H21NO2S/c1-11(10(13)14)6-5-8-12(11)7-3-4-9-15-2/h3-9H2,1-2H3,(H,13,14). The Kier molecular flexibility index (Phi) is 4.93. The van der Waals surface area contributed by atoms with E-state index in [9.17, 15) is 9.90 Å². The zero-order valence-corrected chi connectivity index (χ0v) is 10.5. The second-order valence-corrected chi connectivity index (χ2v) is 5.36. The third kappa shape index (κ3) is 3.11. The zero-order chi connectivity index (χ0) is 11.3. The minimum Gasteiger partial charge on any atom is -0.480 e. The van der Waals surface area contributed by atoms with E-state index < -0.39 is 11.5 Å². The van der Waals surface area contributed by atoms with Crippen LogP contribution < -0.4 is 0 Å². The van der Waals surface area contributed by atoms with Gasteiger partial charge >= 0.3 is 5.97 Å². The summed E-state index contributed by atoms with van der Waals surface area (Å²) in [6, 6.07) is 0. The Labute approximate surface area is 96.2 Å². The first-order valence-corrected chi connectivity index (χ1v) is 6.98. The van der Waals surface area contributed by atoms with Gasteiger partial charge in [-0.2, -0.15) is 11.8 Å². The van der Waals surface area contributed by atoms with Crippen molar-refractivity contribution in [2.45, 2.75) is 38.1 Å². The zero-order valence-electron chi connectivity index (χ0n) is 9.66. The molecule has 1 atom stereocenters. The highest BCUT2D eigenvalue weighted by molar-refractivity contribution is 7.98. The van der Waals surface area contributed by atoms with Gasteiger partial charge in [-0.3, -0.25) is 9.69 Å². The van der Waals surface area contributed by atoms with Crippen molar-refractivity contribution in [2.75, 3.05) is 25.1 Å². The van der Waals surface area contributed by atoms with Gasteiger partial charge in [-0.1, -0.05) is 0 Å². The van der Waals surface area contributed by atoms with Crippen LogP contribution in [-0.4, -0.2) is 46.6 Å². The number of nitrogens with zero attached hydrogens (tertiary/aromatic N) is 1. The third-order valence-electron chi connectivity index (χ3n) is 3.28. The highest BCUT2D eigenvalue weighted by atomic mass is 32.2. The van der Waals surface area contributed by atoms with Crippen LogP contribution in [-0.2, 0) is 4.79 Å². The summed E-state index contributed by atoms with van der Waals surface area (Å²) in [6.45, 7) is 3.74. The van der Waals surface area contributed by atoms with Crippen LogP contribution in [0.5, 0.6) is 0 Å². The fraction of sp³-hybridized carbons (Fsp3) is 0.909. The SMILES string of the molecule is CSCCCCN1CCCC1(C)C(=O)O. The predicted octanol–water partition coefficient (Wildman–Crippen LogP) is 2.07. The molecule has 15 heavy (non-hydrogen) atoms. The van der Waals surface area contributed by atoms with Crippen molar-refractivity contribution in [3.63, 3.8) is 0 Å². The Morgan fingerprint density at radius 3 is 2.87 bits per heavy atom. The van der Waals surface area contributed by atoms with Crippen LogP contribution in [0, 0.1) is 0 Å². The first-order chi connectivity index (χ1) is 7.11. The Bertz CT molecular complexity index is 223. The van der Waals surface area contributed by atoms with Gasteiger partial charge in [0.2, 0.25) is 0 Å². The first kappa shape index (κ1) is 12.8. The lowest BCUT2D eigenvalue weighted by Crippen LogP contribution is -2.48. The van der Waals surface area contributed by atoms with Crippen molar-refractivity contribution < 1.29 is 9.90 Å². The maximum absolute atomic E-state index is 11.2. The maximum atomic E-state index is 11.2. The van der Waals surface area contributed by atoms with Crippen molar-refractivity contribution >= 4 is 17.7 Å². The minimum absolute atomic E-state index is 0.598. The molecule has 0 saturated carbocycles. The van der Waals surface area contributed by atoms with E-state index in [0.717, 1.165) is 32.4 Å². The van der Waals surface area contributed by atoms with Crippen molar-refractivity contribution in [2.24, 2.45) is 0 Å². The fourth-order valence-electron chi connectivity index (χ4n) is 2.17. The molecule has 4 heteroatoms. The van der Waals surface area contributed by atoms with E-state index in [1.165, 1.54) is 12.2 Å². The van der Waals surface area contributed by atoms with Crippen LogP contribution in [0.3, 0.4) is 0 Å². The van der Waals surface area contributed by atoms with Crippen molar-refractivity contribution in [1.29, 1.82) is 0 Å². The van der Waals surface area contributed by atoms with Crippen LogP contribution in [0.1, 0.15) is 32.6 Å². The molecule has 0 aromatic carbocycles. The normalized spacial score (nSPS) is 27.1. The van der Waals surface area contributed by atoms with E-state index in [4.69, 9.17) is 0 Å². The van der Waals surface area contributed by atoms with Crippen molar-refractivity contribution in [3.8, 4) is 0 Å². The molecule has 0 radical (unpaired) electrons. The molecule has 1 aliphatic heterocycles. The summed E-state index contributed by atoms with van der Waals surface area (Å²) in [6.07, 6.45) is 6.23. The lowest BCUT2D eigenvalue weighted by atomic mass is 9.99. The van der Waals surface area contributed by atoms with Gasteiger partial charge in [0.15, 0.2) is 0 Å². The Morgan fingerprint density at radius 1 is 1.53 bits per heavy atom. The lowest BCUT2D eigenvalue weighted by molar-refractivity contribution is -0.148. The smallest absolute Gasteiger partial charge is 0.323 e. The molecule has 1 fully saturated rings. The highest BCUT2D eigenvalue weighted by Crippen LogP contribution is 2.29. The second kappa shape index (κ2) is 5.75. The number of carboxylic acid groups (broad SMARTS) is 1. The van der Waals surface area contributed by atoms with E-state index in [-0.39, 0.29) is 0 Å². The van der Waals surface area contributed by atoms with Crippen LogP contribution in [0.25, 0.3) is 0 Å². The molecular formula is C11H21NO2S. The predicted molar refractivity (Wildman–Crippen MR) is 64.5 cm³/mol. The van der Waals surface area contributed by atoms with Gasteiger partial charge in [0.25, 0.3) is 0 Å². The second-order valence-electron chi connectivity index (χ2n) is 4.37. The van der Waals surface area contributed by atoms with Crippen molar-refractivity contribution in [1.82, 2.24) is 4.90 Å². The number of rotatable bonds is 6. The van der Waals surface area contributed by atoms with Crippen LogP contribution in [0.4, 0.5) is 0 Å². The van der Waals surface area contributed by atoms with Gasteiger partial charge in [-0.15, -0.1) is 0 Å². The highest BCUT2D eigenvalue weighted by Gasteiger charge is 2.42. The fourth-order valence-corrected chi connectivity index (χ4v) is 2.66. The molecule has 1 heterocycles. The Balaban J connectivity index is 2.37. The largest absolute Gasteiger partial charge is 0.480 e. The summed E-state index contributed by atoms with van der Waals surface area (Å²) in [4.78, 5) is 13.3. The summed E-state index contributed by atoms with van der Waals surface area (Å²) in [7, 11) is 0. The average Bonchev–Trinajstić information content (AvgIpc) is 2.56. The van der Waals surface area contributed by atoms with Crippen LogP contribution >= 0.6 is 11.8 Å². The third-order valence-corrected chi connectivity index (χ3v) is 3.97. The topological polar surface area (TPSA) is 40.5 Å². The molecular weight excluding hydrogens is 210 g/mol. The number of hydrogen-bond acceptors (Lipinski definition) is 3. The summed E-state index contributed by atoms with van der Waals surface area (Å²) in [5.74, 6) is 0.516. The van der Waals surface area contributed by atoms with Crippen molar-refractivity contribution in [3.05, 3.63) is 0 Å². The summed E-state index contributed by atoms with van der Waals surface area (Å²) in [5, 5.41) is 9.20. The van der Waals surface area contributed by atoms with Gasteiger partial charge < -0.3 is 5.11 Å². The number of hydrogen-bond donors (Lipinski definition) is 1. The van der Waals surface area contributed by atoms with E-state index in [2.05, 4.69) is 11.2 Å². The van der Waals surface area contributed by atoms with E-state index in [0.29, 0.717) is 0 Å². The molecule has 0 amide bonds. The monoisotopic (exact) mass is 231 g/mol. The molecule has 0 bridgehead atoms. The van der Waals surface area contributed by atoms with Gasteiger partial charge in [-0.05, 0) is 57.7 Å². The Hall–Kier alpha value is -0.220. The molecule has 1 aliphatic rings. The van der Waals surface area contributed by atoms with Gasteiger partial charge in [-0.25, -0.2) is 0 Å². The van der Waals surface area contributed by atoms with Gasteiger partial charge in [0.1, 0.15) is 5.54 Å². The van der Waals surface area contributed by atoms with Crippen LogP contribution in [0.2, 0.25) is 0 Å². The average molecular weight is 231 g/mol. The van der Waals surface area contributed by atoms with Gasteiger partial charge in [0, 0.05) is 0 Å². The summed E-state index contributed by atoms with van der Waals surface area (Å²) >= 11 is 1.86. The minimum atomic E-state index is -0.662. The molecule has 0 spiro atoms. The number of thioether (sulfide) groups is 1. The lowest BCUT2D eigenvalue weighted by Gasteiger charge is -2.31. The number of unbranched alkanes of at least 4 members (excludes halogenated alkanes) is 1. The molecule has 0 aromatic heterocycles. The first-order valence-electron chi connectivity index (χ1n) is 5.58. The number of aliphatic carboxylic acids is 1. The Morgan fingerprint density at radius 2 is 2.27 bits per heavy atom. The number of likely N-dealkylation sites (tertiary alicyclic amines) is 1. The summed E-state index contributed by atoms with van der Waals surface area (Å²) < 4.78 is 0. The molecule has 0 aliphatic carbocycles.